The van der Waals surface area contributed by atoms with E-state index in [0.29, 0.717) is 24.0 Å². The van der Waals surface area contributed by atoms with Gasteiger partial charge in [0.2, 0.25) is 0 Å². The fourth-order valence-corrected chi connectivity index (χ4v) is 4.41. The maximum atomic E-state index is 13.0. The fraction of sp³-hybridized carbons (Fsp3) is 0.458. The van der Waals surface area contributed by atoms with E-state index in [0.717, 1.165) is 35.7 Å². The topological polar surface area (TPSA) is 73.6 Å². The van der Waals surface area contributed by atoms with Gasteiger partial charge in [0, 0.05) is 31.0 Å². The first-order valence-corrected chi connectivity index (χ1v) is 10.9. The van der Waals surface area contributed by atoms with Crippen LogP contribution in [0, 0.1) is 12.8 Å². The van der Waals surface area contributed by atoms with Crippen LogP contribution >= 0.6 is 0 Å². The number of aromatic nitrogens is 5. The summed E-state index contributed by atoms with van der Waals surface area (Å²) in [4.78, 5) is 22.1. The number of ketones is 1. The van der Waals surface area contributed by atoms with Crippen molar-refractivity contribution in [3.8, 4) is 0 Å². The van der Waals surface area contributed by atoms with Gasteiger partial charge in [0.1, 0.15) is 23.7 Å². The molecule has 2 aliphatic carbocycles. The molecule has 0 aliphatic heterocycles. The zero-order valence-electron chi connectivity index (χ0n) is 17.6. The Morgan fingerprint density at radius 3 is 2.67 bits per heavy atom. The highest BCUT2D eigenvalue weighted by molar-refractivity contribution is 5.95. The fourth-order valence-electron chi connectivity index (χ4n) is 4.41. The number of benzene rings is 1. The third kappa shape index (κ3) is 3.78. The number of carbonyl (C=O) groups excluding carboxylic acids is 1. The van der Waals surface area contributed by atoms with Crippen molar-refractivity contribution in [2.75, 3.05) is 0 Å². The summed E-state index contributed by atoms with van der Waals surface area (Å²) in [7, 11) is 2.00. The standard InChI is InChI=1S/C24H27N5O/c1-15-11-20(27-23(26-15)18-9-10-18)21(30)13-16-5-3-8-19(12-16)22(17-6-4-7-17)24-28-25-14-29(24)2/h3,5,8,11-12,14,17-18,22H,4,6-7,9-10,13H2,1-2H3/t22-/m1/s1. The van der Waals surface area contributed by atoms with E-state index in [1.165, 1.54) is 24.8 Å². The number of rotatable bonds is 7. The zero-order valence-corrected chi connectivity index (χ0v) is 17.6. The highest BCUT2D eigenvalue weighted by atomic mass is 16.1. The average molecular weight is 402 g/mol. The van der Waals surface area contributed by atoms with Crippen LogP contribution in [0.5, 0.6) is 0 Å². The Bertz CT molecular complexity index is 1080. The lowest BCUT2D eigenvalue weighted by Gasteiger charge is -2.33. The van der Waals surface area contributed by atoms with Crippen LogP contribution in [0.2, 0.25) is 0 Å². The highest BCUT2D eigenvalue weighted by Gasteiger charge is 2.33. The van der Waals surface area contributed by atoms with Crippen LogP contribution in [0.25, 0.3) is 0 Å². The maximum absolute atomic E-state index is 13.0. The Labute approximate surface area is 176 Å². The second-order valence-corrected chi connectivity index (χ2v) is 8.84. The minimum atomic E-state index is 0.0541. The van der Waals surface area contributed by atoms with Gasteiger partial charge >= 0.3 is 0 Å². The van der Waals surface area contributed by atoms with Crippen LogP contribution < -0.4 is 0 Å². The third-order valence-electron chi connectivity index (χ3n) is 6.42. The Morgan fingerprint density at radius 2 is 2.00 bits per heavy atom. The molecule has 5 rings (SSSR count). The maximum Gasteiger partial charge on any atom is 0.185 e. The number of Topliss-reactive ketones (excluding diaryl/α,β-unsaturated/α-hetero) is 1. The van der Waals surface area contributed by atoms with Crippen molar-refractivity contribution >= 4 is 5.78 Å². The largest absolute Gasteiger partial charge is 0.320 e. The molecule has 6 heteroatoms. The minimum absolute atomic E-state index is 0.0541. The van der Waals surface area contributed by atoms with Gasteiger partial charge in [-0.3, -0.25) is 4.79 Å². The van der Waals surface area contributed by atoms with Gasteiger partial charge in [0.15, 0.2) is 5.78 Å². The van der Waals surface area contributed by atoms with Gasteiger partial charge in [-0.05, 0) is 55.7 Å². The van der Waals surface area contributed by atoms with E-state index in [2.05, 4.69) is 38.4 Å². The second-order valence-electron chi connectivity index (χ2n) is 8.84. The van der Waals surface area contributed by atoms with Crippen LogP contribution in [-0.2, 0) is 13.5 Å². The van der Waals surface area contributed by atoms with Crippen LogP contribution in [0.4, 0.5) is 0 Å². The lowest BCUT2D eigenvalue weighted by atomic mass is 9.72. The van der Waals surface area contributed by atoms with E-state index >= 15 is 0 Å². The highest BCUT2D eigenvalue weighted by Crippen LogP contribution is 2.42. The summed E-state index contributed by atoms with van der Waals surface area (Å²) in [6.45, 7) is 1.94. The molecule has 1 atom stereocenters. The van der Waals surface area contributed by atoms with Gasteiger partial charge < -0.3 is 4.57 Å². The molecule has 0 amide bonds. The first-order chi connectivity index (χ1) is 14.6. The molecule has 30 heavy (non-hydrogen) atoms. The van der Waals surface area contributed by atoms with Crippen LogP contribution in [0.3, 0.4) is 0 Å². The number of carbonyl (C=O) groups is 1. The van der Waals surface area contributed by atoms with Gasteiger partial charge in [0.05, 0.1) is 0 Å². The monoisotopic (exact) mass is 401 g/mol. The van der Waals surface area contributed by atoms with Crippen LogP contribution in [-0.4, -0.2) is 30.5 Å². The molecular formula is C24H27N5O. The minimum Gasteiger partial charge on any atom is -0.320 e. The van der Waals surface area contributed by atoms with E-state index < -0.39 is 0 Å². The van der Waals surface area contributed by atoms with Crippen molar-refractivity contribution in [3.05, 3.63) is 70.8 Å². The molecule has 2 aromatic heterocycles. The molecule has 6 nitrogen and oxygen atoms in total. The molecule has 2 heterocycles. The van der Waals surface area contributed by atoms with E-state index in [1.807, 2.05) is 30.7 Å². The quantitative estimate of drug-likeness (QED) is 0.556. The number of hydrogen-bond acceptors (Lipinski definition) is 5. The van der Waals surface area contributed by atoms with Gasteiger partial charge in [-0.1, -0.05) is 30.7 Å². The zero-order chi connectivity index (χ0) is 20.7. The molecule has 0 radical (unpaired) electrons. The van der Waals surface area contributed by atoms with Crippen molar-refractivity contribution in [1.82, 2.24) is 24.7 Å². The van der Waals surface area contributed by atoms with Crippen LogP contribution in [0.15, 0.2) is 36.7 Å². The lowest BCUT2D eigenvalue weighted by molar-refractivity contribution is 0.0987. The van der Waals surface area contributed by atoms with E-state index in [4.69, 9.17) is 0 Å². The summed E-state index contributed by atoms with van der Waals surface area (Å²) in [5.41, 5.74) is 3.65. The summed E-state index contributed by atoms with van der Waals surface area (Å²) in [6.07, 6.45) is 8.07. The Hall–Kier alpha value is -2.89. The molecule has 1 aromatic carbocycles. The normalized spacial score (nSPS) is 17.5. The lowest BCUT2D eigenvalue weighted by Crippen LogP contribution is -2.24. The Kier molecular flexibility index (Phi) is 4.93. The van der Waals surface area contributed by atoms with Crippen LogP contribution in [0.1, 0.15) is 82.9 Å². The molecule has 0 bridgehead atoms. The summed E-state index contributed by atoms with van der Waals surface area (Å²) in [6, 6.07) is 10.2. The van der Waals surface area contributed by atoms with Crippen molar-refractivity contribution in [2.24, 2.45) is 13.0 Å². The van der Waals surface area contributed by atoms with E-state index in [-0.39, 0.29) is 11.7 Å². The molecular weight excluding hydrogens is 374 g/mol. The summed E-state index contributed by atoms with van der Waals surface area (Å²) >= 11 is 0. The van der Waals surface area contributed by atoms with Gasteiger partial charge in [-0.15, -0.1) is 10.2 Å². The van der Waals surface area contributed by atoms with Crippen molar-refractivity contribution < 1.29 is 4.79 Å². The molecule has 154 valence electrons. The van der Waals surface area contributed by atoms with Gasteiger partial charge in [0.25, 0.3) is 0 Å². The smallest absolute Gasteiger partial charge is 0.185 e. The van der Waals surface area contributed by atoms with E-state index in [1.54, 1.807) is 6.33 Å². The van der Waals surface area contributed by atoms with Crippen molar-refractivity contribution in [1.29, 1.82) is 0 Å². The molecule has 3 aromatic rings. The second kappa shape index (κ2) is 7.74. The predicted molar refractivity (Wildman–Crippen MR) is 113 cm³/mol. The first-order valence-electron chi connectivity index (χ1n) is 10.9. The molecule has 2 aliphatic rings. The van der Waals surface area contributed by atoms with Crippen molar-refractivity contribution in [3.63, 3.8) is 0 Å². The molecule has 0 saturated heterocycles. The third-order valence-corrected chi connectivity index (χ3v) is 6.42. The Morgan fingerprint density at radius 1 is 1.17 bits per heavy atom. The molecule has 2 fully saturated rings. The number of nitrogens with zero attached hydrogens (tertiary/aromatic N) is 5. The summed E-state index contributed by atoms with van der Waals surface area (Å²) in [5, 5.41) is 8.50. The first kappa shape index (κ1) is 19.1. The summed E-state index contributed by atoms with van der Waals surface area (Å²) in [5.74, 6) is 3.14. The van der Waals surface area contributed by atoms with Gasteiger partial charge in [-0.2, -0.15) is 0 Å². The Balaban J connectivity index is 1.41. The number of aryl methyl sites for hydroxylation is 2. The summed E-state index contributed by atoms with van der Waals surface area (Å²) < 4.78 is 2.02. The number of hydrogen-bond donors (Lipinski definition) is 0. The van der Waals surface area contributed by atoms with Crippen molar-refractivity contribution in [2.45, 2.75) is 57.3 Å². The predicted octanol–water partition coefficient (Wildman–Crippen LogP) is 4.15. The average Bonchev–Trinajstić information content (AvgIpc) is 3.46. The molecule has 2 saturated carbocycles. The van der Waals surface area contributed by atoms with E-state index in [9.17, 15) is 4.79 Å². The molecule has 0 unspecified atom stereocenters. The SMILES string of the molecule is Cc1cc(C(=O)Cc2cccc([C@H](c3nncn3C)C3CCC3)c2)nc(C2CC2)n1. The molecule has 0 N–H and O–H groups in total. The molecule has 0 spiro atoms. The van der Waals surface area contributed by atoms with Gasteiger partial charge in [-0.25, -0.2) is 9.97 Å².